The molecule has 190 valence electrons. The number of ether oxygens (including phenoxy) is 1. The number of rotatable bonds is 4. The number of nitriles is 1. The first kappa shape index (κ1) is 25.4. The lowest BCUT2D eigenvalue weighted by Crippen LogP contribution is -2.62. The van der Waals surface area contributed by atoms with Gasteiger partial charge in [0, 0.05) is 44.7 Å². The van der Waals surface area contributed by atoms with Crippen LogP contribution in [0.5, 0.6) is 0 Å². The van der Waals surface area contributed by atoms with Crippen LogP contribution in [0.1, 0.15) is 38.8 Å². The minimum Gasteiger partial charge on any atom is -0.369 e. The standard InChI is InChI=1S/C24H26F3N7O2/c1-14-11-33(22(35)23(3,4)36-5)15(2)10-32(14)20-19-17(24(25,26)27)12-34(21(19)31-13-30-20)18-8-16(9-28)6-7-29-18/h6-8,12-15H,10-11H2,1-5H3/t14-,15+/m0/s1. The van der Waals surface area contributed by atoms with Crippen LogP contribution in [0.3, 0.4) is 0 Å². The molecule has 1 amide bonds. The lowest BCUT2D eigenvalue weighted by atomic mass is 10.0. The molecule has 9 nitrogen and oxygen atoms in total. The van der Waals surface area contributed by atoms with Crippen molar-refractivity contribution in [2.45, 2.75) is 51.6 Å². The Labute approximate surface area is 206 Å². The number of amides is 1. The van der Waals surface area contributed by atoms with Gasteiger partial charge in [0.25, 0.3) is 5.91 Å². The molecule has 1 saturated heterocycles. The predicted octanol–water partition coefficient (Wildman–Crippen LogP) is 3.56. The summed E-state index contributed by atoms with van der Waals surface area (Å²) in [7, 11) is 1.46. The number of methoxy groups -OCH3 is 1. The van der Waals surface area contributed by atoms with Crippen LogP contribution in [-0.2, 0) is 15.7 Å². The van der Waals surface area contributed by atoms with Gasteiger partial charge in [0.2, 0.25) is 0 Å². The van der Waals surface area contributed by atoms with Gasteiger partial charge in [0.05, 0.1) is 22.6 Å². The highest BCUT2D eigenvalue weighted by atomic mass is 19.4. The molecule has 0 saturated carbocycles. The zero-order chi connectivity index (χ0) is 26.4. The summed E-state index contributed by atoms with van der Waals surface area (Å²) in [6.07, 6.45) is -1.19. The Morgan fingerprint density at radius 3 is 2.53 bits per heavy atom. The lowest BCUT2D eigenvalue weighted by molar-refractivity contribution is -0.154. The molecule has 1 aliphatic rings. The average molecular weight is 502 g/mol. The van der Waals surface area contributed by atoms with Crippen molar-refractivity contribution >= 4 is 22.8 Å². The SMILES string of the molecule is COC(C)(C)C(=O)N1C[C@H](C)N(c2ncnc3c2c(C(F)(F)F)cn3-c2cc(C#N)ccn2)C[C@H]1C. The monoisotopic (exact) mass is 501 g/mol. The lowest BCUT2D eigenvalue weighted by Gasteiger charge is -2.46. The molecule has 12 heteroatoms. The van der Waals surface area contributed by atoms with Crippen molar-refractivity contribution in [1.82, 2.24) is 24.4 Å². The molecule has 0 aliphatic carbocycles. The van der Waals surface area contributed by atoms with Crippen molar-refractivity contribution in [3.63, 3.8) is 0 Å². The van der Waals surface area contributed by atoms with Gasteiger partial charge in [-0.15, -0.1) is 0 Å². The van der Waals surface area contributed by atoms with Gasteiger partial charge in [-0.05, 0) is 39.8 Å². The predicted molar refractivity (Wildman–Crippen MR) is 125 cm³/mol. The van der Waals surface area contributed by atoms with Gasteiger partial charge in [-0.2, -0.15) is 18.4 Å². The van der Waals surface area contributed by atoms with Crippen molar-refractivity contribution < 1.29 is 22.7 Å². The number of nitrogens with zero attached hydrogens (tertiary/aromatic N) is 7. The topological polar surface area (TPSA) is 100 Å². The number of pyridine rings is 1. The van der Waals surface area contributed by atoms with Crippen molar-refractivity contribution in [2.75, 3.05) is 25.1 Å². The number of aromatic nitrogens is 4. The smallest absolute Gasteiger partial charge is 0.369 e. The molecule has 36 heavy (non-hydrogen) atoms. The summed E-state index contributed by atoms with van der Waals surface area (Å²) in [6.45, 7) is 7.59. The summed E-state index contributed by atoms with van der Waals surface area (Å²) in [5.41, 5.74) is -1.65. The number of anilines is 1. The number of piperazine rings is 1. The fourth-order valence-electron chi connectivity index (χ4n) is 4.41. The molecule has 0 bridgehead atoms. The van der Waals surface area contributed by atoms with Gasteiger partial charge in [-0.3, -0.25) is 9.36 Å². The van der Waals surface area contributed by atoms with Gasteiger partial charge in [-0.1, -0.05) is 0 Å². The molecule has 0 N–H and O–H groups in total. The third kappa shape index (κ3) is 4.35. The Morgan fingerprint density at radius 2 is 1.89 bits per heavy atom. The second kappa shape index (κ2) is 9.05. The van der Waals surface area contributed by atoms with Gasteiger partial charge in [0.15, 0.2) is 5.65 Å². The van der Waals surface area contributed by atoms with Crippen molar-refractivity contribution in [3.8, 4) is 11.9 Å². The van der Waals surface area contributed by atoms with E-state index < -0.39 is 17.3 Å². The van der Waals surface area contributed by atoms with Crippen LogP contribution < -0.4 is 4.90 Å². The molecular formula is C24H26F3N7O2. The molecule has 1 fully saturated rings. The largest absolute Gasteiger partial charge is 0.418 e. The fraction of sp³-hybridized carbons (Fsp3) is 0.458. The first-order valence-corrected chi connectivity index (χ1v) is 11.3. The van der Waals surface area contributed by atoms with E-state index in [1.54, 1.807) is 23.6 Å². The second-order valence-corrected chi connectivity index (χ2v) is 9.34. The number of halogens is 3. The van der Waals surface area contributed by atoms with Crippen molar-refractivity contribution in [3.05, 3.63) is 42.0 Å². The molecule has 2 atom stereocenters. The Morgan fingerprint density at radius 1 is 1.17 bits per heavy atom. The molecule has 4 heterocycles. The Bertz CT molecular complexity index is 1350. The van der Waals surface area contributed by atoms with E-state index >= 15 is 0 Å². The zero-order valence-electron chi connectivity index (χ0n) is 20.5. The highest BCUT2D eigenvalue weighted by Crippen LogP contribution is 2.41. The second-order valence-electron chi connectivity index (χ2n) is 9.34. The molecule has 3 aromatic rings. The molecule has 0 aromatic carbocycles. The minimum absolute atomic E-state index is 0.0220. The first-order chi connectivity index (χ1) is 16.9. The van der Waals surface area contributed by atoms with Crippen LogP contribution in [0.25, 0.3) is 16.9 Å². The van der Waals surface area contributed by atoms with Crippen LogP contribution >= 0.6 is 0 Å². The Kier molecular flexibility index (Phi) is 6.38. The summed E-state index contributed by atoms with van der Waals surface area (Å²) in [5, 5.41) is 9.05. The van der Waals surface area contributed by atoms with Gasteiger partial charge in [-0.25, -0.2) is 15.0 Å². The third-order valence-electron chi connectivity index (χ3n) is 6.53. The van der Waals surface area contributed by atoms with E-state index in [-0.39, 0.29) is 59.3 Å². The van der Waals surface area contributed by atoms with E-state index in [4.69, 9.17) is 4.74 Å². The van der Waals surface area contributed by atoms with Crippen molar-refractivity contribution in [2.24, 2.45) is 0 Å². The summed E-state index contributed by atoms with van der Waals surface area (Å²) >= 11 is 0. The number of fused-ring (bicyclic) bond motifs is 1. The Hall–Kier alpha value is -3.72. The van der Waals surface area contributed by atoms with Crippen LogP contribution in [0.4, 0.5) is 19.0 Å². The average Bonchev–Trinajstić information content (AvgIpc) is 3.25. The number of hydrogen-bond acceptors (Lipinski definition) is 7. The van der Waals surface area contributed by atoms with Crippen LogP contribution in [-0.4, -0.2) is 68.2 Å². The summed E-state index contributed by atoms with van der Waals surface area (Å²) in [4.78, 5) is 29.1. The van der Waals surface area contributed by atoms with E-state index in [1.807, 2.05) is 19.9 Å². The third-order valence-corrected chi connectivity index (χ3v) is 6.53. The molecular weight excluding hydrogens is 475 g/mol. The minimum atomic E-state index is -4.69. The van der Waals surface area contributed by atoms with E-state index in [9.17, 15) is 23.2 Å². The van der Waals surface area contributed by atoms with E-state index in [2.05, 4.69) is 15.0 Å². The molecule has 0 spiro atoms. The quantitative estimate of drug-likeness (QED) is 0.539. The molecule has 0 radical (unpaired) electrons. The van der Waals surface area contributed by atoms with Crippen LogP contribution in [0, 0.1) is 11.3 Å². The van der Waals surface area contributed by atoms with Crippen LogP contribution in [0.15, 0.2) is 30.9 Å². The van der Waals surface area contributed by atoms with Crippen LogP contribution in [0.2, 0.25) is 0 Å². The van der Waals surface area contributed by atoms with Gasteiger partial charge < -0.3 is 14.5 Å². The summed E-state index contributed by atoms with van der Waals surface area (Å²) < 4.78 is 49.2. The summed E-state index contributed by atoms with van der Waals surface area (Å²) in [6, 6.07) is 4.19. The molecule has 1 aliphatic heterocycles. The zero-order valence-corrected chi connectivity index (χ0v) is 20.5. The molecule has 4 rings (SSSR count). The van der Waals surface area contributed by atoms with E-state index in [0.717, 1.165) is 6.20 Å². The highest BCUT2D eigenvalue weighted by Gasteiger charge is 2.42. The molecule has 3 aromatic heterocycles. The van der Waals surface area contributed by atoms with E-state index in [1.165, 1.54) is 36.3 Å². The molecule has 0 unspecified atom stereocenters. The number of alkyl halides is 3. The Balaban J connectivity index is 1.82. The first-order valence-electron chi connectivity index (χ1n) is 11.3. The maximum Gasteiger partial charge on any atom is 0.418 e. The number of hydrogen-bond donors (Lipinski definition) is 0. The van der Waals surface area contributed by atoms with E-state index in [0.29, 0.717) is 0 Å². The van der Waals surface area contributed by atoms with Crippen molar-refractivity contribution in [1.29, 1.82) is 5.26 Å². The highest BCUT2D eigenvalue weighted by molar-refractivity contribution is 5.93. The van der Waals surface area contributed by atoms with Gasteiger partial charge >= 0.3 is 6.18 Å². The summed E-state index contributed by atoms with van der Waals surface area (Å²) in [5.74, 6) is 0.0696. The normalized spacial score (nSPS) is 19.0. The number of carbonyl (C=O) groups is 1. The fourth-order valence-corrected chi connectivity index (χ4v) is 4.41. The van der Waals surface area contributed by atoms with Gasteiger partial charge in [0.1, 0.15) is 23.6 Å². The number of carbonyl (C=O) groups excluding carboxylic acids is 1. The maximum absolute atomic E-state index is 14.2. The maximum atomic E-state index is 14.2.